The second kappa shape index (κ2) is 5.70. The summed E-state index contributed by atoms with van der Waals surface area (Å²) >= 11 is 11.0. The van der Waals surface area contributed by atoms with Crippen molar-refractivity contribution in [2.45, 2.75) is 18.1 Å². The first-order valence-corrected chi connectivity index (χ1v) is 5.38. The minimum absolute atomic E-state index is 0.268. The predicted octanol–water partition coefficient (Wildman–Crippen LogP) is 1.53. The van der Waals surface area contributed by atoms with Crippen LogP contribution in [0.3, 0.4) is 0 Å². The smallest absolute Gasteiger partial charge is 0.260 e. The van der Waals surface area contributed by atoms with Crippen molar-refractivity contribution in [3.63, 3.8) is 0 Å². The minimum atomic E-state index is -1.09. The van der Waals surface area contributed by atoms with Crippen LogP contribution in [0.4, 0.5) is 0 Å². The SMILES string of the molecule is C=C(C)N(CC1OCCO1)C(=O)C(Cl)Cl. The van der Waals surface area contributed by atoms with Crippen LogP contribution in [0, 0.1) is 0 Å². The molecule has 1 aliphatic heterocycles. The number of allylic oxidation sites excluding steroid dienone is 1. The number of nitrogens with zero attached hydrogens (tertiary/aromatic N) is 1. The molecule has 1 aliphatic rings. The Hall–Kier alpha value is -0.290. The van der Waals surface area contributed by atoms with Crippen LogP contribution < -0.4 is 0 Å². The highest BCUT2D eigenvalue weighted by Gasteiger charge is 2.26. The lowest BCUT2D eigenvalue weighted by Gasteiger charge is -2.25. The van der Waals surface area contributed by atoms with Gasteiger partial charge in [-0.15, -0.1) is 0 Å². The topological polar surface area (TPSA) is 38.8 Å². The van der Waals surface area contributed by atoms with Crippen LogP contribution in [0.15, 0.2) is 12.3 Å². The molecule has 0 N–H and O–H groups in total. The summed E-state index contributed by atoms with van der Waals surface area (Å²) in [5.41, 5.74) is 0.561. The number of ether oxygens (including phenoxy) is 2. The quantitative estimate of drug-likeness (QED) is 0.714. The van der Waals surface area contributed by atoms with Gasteiger partial charge in [0.2, 0.25) is 0 Å². The number of amides is 1. The van der Waals surface area contributed by atoms with E-state index in [0.29, 0.717) is 18.9 Å². The summed E-state index contributed by atoms with van der Waals surface area (Å²) < 4.78 is 10.4. The lowest BCUT2D eigenvalue weighted by molar-refractivity contribution is -0.132. The van der Waals surface area contributed by atoms with E-state index in [1.54, 1.807) is 6.92 Å². The van der Waals surface area contributed by atoms with Crippen molar-refractivity contribution in [1.82, 2.24) is 4.90 Å². The Labute approximate surface area is 98.7 Å². The van der Waals surface area contributed by atoms with E-state index in [1.807, 2.05) is 0 Å². The van der Waals surface area contributed by atoms with E-state index in [-0.39, 0.29) is 6.54 Å². The van der Waals surface area contributed by atoms with E-state index in [2.05, 4.69) is 6.58 Å². The third-order valence-electron chi connectivity index (χ3n) is 1.94. The van der Waals surface area contributed by atoms with Crippen molar-refractivity contribution < 1.29 is 14.3 Å². The zero-order valence-electron chi connectivity index (χ0n) is 8.41. The second-order valence-electron chi connectivity index (χ2n) is 3.16. The van der Waals surface area contributed by atoms with E-state index in [0.717, 1.165) is 0 Å². The van der Waals surface area contributed by atoms with Crippen LogP contribution in [0.2, 0.25) is 0 Å². The highest BCUT2D eigenvalue weighted by atomic mass is 35.5. The Morgan fingerprint density at radius 2 is 2.07 bits per heavy atom. The van der Waals surface area contributed by atoms with Crippen LogP contribution >= 0.6 is 23.2 Å². The highest BCUT2D eigenvalue weighted by molar-refractivity contribution is 6.53. The van der Waals surface area contributed by atoms with Crippen molar-refractivity contribution in [3.05, 3.63) is 12.3 Å². The average molecular weight is 254 g/mol. The molecule has 0 aliphatic carbocycles. The van der Waals surface area contributed by atoms with Crippen molar-refractivity contribution in [1.29, 1.82) is 0 Å². The van der Waals surface area contributed by atoms with Gasteiger partial charge < -0.3 is 14.4 Å². The van der Waals surface area contributed by atoms with Crippen molar-refractivity contribution >= 4 is 29.1 Å². The molecular weight excluding hydrogens is 241 g/mol. The van der Waals surface area contributed by atoms with Crippen LogP contribution in [0.5, 0.6) is 0 Å². The molecule has 4 nitrogen and oxygen atoms in total. The molecule has 0 aromatic carbocycles. The molecule has 1 saturated heterocycles. The first-order valence-electron chi connectivity index (χ1n) is 4.50. The molecule has 1 rings (SSSR count). The van der Waals surface area contributed by atoms with Gasteiger partial charge in [-0.25, -0.2) is 0 Å². The molecule has 0 radical (unpaired) electrons. The summed E-state index contributed by atoms with van der Waals surface area (Å²) in [7, 11) is 0. The van der Waals surface area contributed by atoms with Gasteiger partial charge in [0.1, 0.15) is 0 Å². The van der Waals surface area contributed by atoms with E-state index in [9.17, 15) is 4.79 Å². The minimum Gasteiger partial charge on any atom is -0.348 e. The van der Waals surface area contributed by atoms with Crippen molar-refractivity contribution in [3.8, 4) is 0 Å². The third kappa shape index (κ3) is 3.65. The summed E-state index contributed by atoms with van der Waals surface area (Å²) in [4.78, 5) is 11.8. The van der Waals surface area contributed by atoms with Crippen molar-refractivity contribution in [2.75, 3.05) is 19.8 Å². The third-order valence-corrected chi connectivity index (χ3v) is 2.31. The lowest BCUT2D eigenvalue weighted by atomic mass is 10.4. The van der Waals surface area contributed by atoms with Gasteiger partial charge in [-0.3, -0.25) is 4.79 Å². The molecule has 86 valence electrons. The average Bonchev–Trinajstić information content (AvgIpc) is 2.64. The summed E-state index contributed by atoms with van der Waals surface area (Å²) in [6, 6.07) is 0. The molecule has 0 saturated carbocycles. The number of hydrogen-bond acceptors (Lipinski definition) is 3. The largest absolute Gasteiger partial charge is 0.348 e. The van der Waals surface area contributed by atoms with Gasteiger partial charge >= 0.3 is 0 Å². The first kappa shape index (κ1) is 12.8. The predicted molar refractivity (Wildman–Crippen MR) is 57.7 cm³/mol. The van der Waals surface area contributed by atoms with Gasteiger partial charge in [0.15, 0.2) is 11.1 Å². The van der Waals surface area contributed by atoms with Gasteiger partial charge in [0, 0.05) is 5.70 Å². The van der Waals surface area contributed by atoms with Crippen molar-refractivity contribution in [2.24, 2.45) is 0 Å². The molecule has 0 aromatic rings. The van der Waals surface area contributed by atoms with E-state index in [4.69, 9.17) is 32.7 Å². The molecule has 0 spiro atoms. The molecule has 1 fully saturated rings. The summed E-state index contributed by atoms with van der Waals surface area (Å²) in [5, 5.41) is 0. The fourth-order valence-electron chi connectivity index (χ4n) is 1.21. The van der Waals surface area contributed by atoms with E-state index < -0.39 is 17.0 Å². The number of halogens is 2. The standard InChI is InChI=1S/C9H13Cl2NO3/c1-6(2)12(9(13)8(10)11)5-7-14-3-4-15-7/h7-8H,1,3-5H2,2H3. The number of carbonyl (C=O) groups is 1. The summed E-state index contributed by atoms with van der Waals surface area (Å²) in [6.45, 7) is 6.71. The van der Waals surface area contributed by atoms with Gasteiger partial charge in [-0.2, -0.15) is 0 Å². The van der Waals surface area contributed by atoms with Crippen LogP contribution in [-0.2, 0) is 14.3 Å². The molecule has 15 heavy (non-hydrogen) atoms. The molecule has 1 amide bonds. The fourth-order valence-corrected chi connectivity index (χ4v) is 1.45. The molecule has 0 aromatic heterocycles. The molecule has 0 bridgehead atoms. The van der Waals surface area contributed by atoms with E-state index >= 15 is 0 Å². The molecule has 0 atom stereocenters. The Morgan fingerprint density at radius 1 is 1.53 bits per heavy atom. The normalized spacial score (nSPS) is 17.1. The van der Waals surface area contributed by atoms with Crippen LogP contribution in [0.1, 0.15) is 6.92 Å². The Bertz CT molecular complexity index is 252. The fraction of sp³-hybridized carbons (Fsp3) is 0.667. The highest BCUT2D eigenvalue weighted by Crippen LogP contribution is 2.14. The number of alkyl halides is 2. The van der Waals surface area contributed by atoms with Crippen LogP contribution in [-0.4, -0.2) is 41.7 Å². The monoisotopic (exact) mass is 253 g/mol. The summed E-state index contributed by atoms with van der Waals surface area (Å²) in [5.74, 6) is -0.412. The van der Waals surface area contributed by atoms with Gasteiger partial charge in [0.05, 0.1) is 19.8 Å². The van der Waals surface area contributed by atoms with Crippen LogP contribution in [0.25, 0.3) is 0 Å². The van der Waals surface area contributed by atoms with Gasteiger partial charge in [0.25, 0.3) is 5.91 Å². The molecule has 6 heteroatoms. The van der Waals surface area contributed by atoms with Gasteiger partial charge in [-0.1, -0.05) is 29.8 Å². The lowest BCUT2D eigenvalue weighted by Crippen LogP contribution is -2.39. The first-order chi connectivity index (χ1) is 7.02. The summed E-state index contributed by atoms with van der Waals surface area (Å²) in [6.07, 6.45) is -0.419. The Kier molecular flexibility index (Phi) is 4.86. The van der Waals surface area contributed by atoms with E-state index in [1.165, 1.54) is 4.90 Å². The zero-order valence-corrected chi connectivity index (χ0v) is 9.92. The number of rotatable bonds is 4. The second-order valence-corrected chi connectivity index (χ2v) is 4.25. The van der Waals surface area contributed by atoms with Gasteiger partial charge in [-0.05, 0) is 6.92 Å². The molecule has 0 unspecified atom stereocenters. The maximum Gasteiger partial charge on any atom is 0.260 e. The molecular formula is C9H13Cl2NO3. The Morgan fingerprint density at radius 3 is 2.47 bits per heavy atom. The number of carbonyl (C=O) groups excluding carboxylic acids is 1. The maximum absolute atomic E-state index is 11.6. The Balaban J connectivity index is 2.57. The zero-order chi connectivity index (χ0) is 11.4. The number of hydrogen-bond donors (Lipinski definition) is 0. The molecule has 1 heterocycles. The maximum atomic E-state index is 11.6.